The maximum atomic E-state index is 13.3. The van der Waals surface area contributed by atoms with Crippen LogP contribution in [0.2, 0.25) is 0 Å². The van der Waals surface area contributed by atoms with Crippen molar-refractivity contribution in [1.29, 1.82) is 0 Å². The maximum absolute atomic E-state index is 13.3. The van der Waals surface area contributed by atoms with Crippen LogP contribution >= 0.6 is 9.24 Å². The van der Waals surface area contributed by atoms with Crippen molar-refractivity contribution < 1.29 is 8.78 Å². The van der Waals surface area contributed by atoms with Gasteiger partial charge in [-0.15, -0.1) is 0 Å². The molecule has 0 radical (unpaired) electrons. The Balaban J connectivity index is 0.00000187. The quantitative estimate of drug-likeness (QED) is 0.381. The molecule has 0 saturated carbocycles. The van der Waals surface area contributed by atoms with E-state index in [0.29, 0.717) is 29.4 Å². The standard InChI is InChI=1S/C22H26F2N5OP.C2H6/c1-15-6-3-4-8-17(15)13-27-21-28-19(11-20(30)29(21)25-2)14-26-18-9-5-7-16(10-18)12-22(23,24)31;1-2/h3-11,25-26H,12-14,31H2,1-2H3,(H,27,28);1-2H3. The number of nitrogens with zero attached hydrogens (tertiary/aromatic N) is 2. The van der Waals surface area contributed by atoms with Crippen molar-refractivity contribution in [2.24, 2.45) is 0 Å². The third-order valence-corrected chi connectivity index (χ3v) is 4.94. The molecule has 6 nitrogen and oxygen atoms in total. The molecule has 0 saturated heterocycles. The van der Waals surface area contributed by atoms with Crippen molar-refractivity contribution in [3.05, 3.63) is 87.3 Å². The summed E-state index contributed by atoms with van der Waals surface area (Å²) in [6.07, 6.45) is -0.364. The molecule has 0 bridgehead atoms. The molecular weight excluding hydrogens is 443 g/mol. The molecule has 3 N–H and O–H groups in total. The first-order valence-electron chi connectivity index (χ1n) is 10.8. The van der Waals surface area contributed by atoms with Crippen molar-refractivity contribution in [3.8, 4) is 0 Å². The van der Waals surface area contributed by atoms with Gasteiger partial charge in [-0.05, 0) is 35.7 Å². The molecule has 0 aliphatic carbocycles. The molecule has 1 aromatic heterocycles. The lowest BCUT2D eigenvalue weighted by Crippen LogP contribution is -2.31. The Morgan fingerprint density at radius 1 is 1.03 bits per heavy atom. The second-order valence-electron chi connectivity index (χ2n) is 7.24. The van der Waals surface area contributed by atoms with Crippen LogP contribution in [0.4, 0.5) is 20.4 Å². The van der Waals surface area contributed by atoms with E-state index in [-0.39, 0.29) is 18.5 Å². The SMILES string of the molecule is CC.CNn1c(NCc2ccccc2C)nc(CNc2cccc(CC(F)(F)P)c2)cc1=O. The zero-order valence-corrected chi connectivity index (χ0v) is 20.6. The van der Waals surface area contributed by atoms with E-state index in [2.05, 4.69) is 21.0 Å². The third-order valence-electron chi connectivity index (χ3n) is 4.73. The van der Waals surface area contributed by atoms with Crippen LogP contribution in [0.25, 0.3) is 0 Å². The van der Waals surface area contributed by atoms with Gasteiger partial charge in [-0.2, -0.15) is 4.68 Å². The Bertz CT molecular complexity index is 1100. The molecule has 0 spiro atoms. The third kappa shape index (κ3) is 8.13. The largest absolute Gasteiger partial charge is 0.379 e. The van der Waals surface area contributed by atoms with Gasteiger partial charge in [-0.25, -0.2) is 13.8 Å². The molecule has 3 aromatic rings. The molecule has 9 heteroatoms. The van der Waals surface area contributed by atoms with E-state index in [9.17, 15) is 13.6 Å². The molecule has 0 aliphatic rings. The van der Waals surface area contributed by atoms with Crippen molar-refractivity contribution in [1.82, 2.24) is 9.66 Å². The molecule has 2 aromatic carbocycles. The summed E-state index contributed by atoms with van der Waals surface area (Å²) in [5.41, 5.74) is 3.70. The van der Waals surface area contributed by atoms with E-state index < -0.39 is 5.66 Å². The Labute approximate surface area is 196 Å². The lowest BCUT2D eigenvalue weighted by molar-refractivity contribution is 0.105. The highest BCUT2D eigenvalue weighted by Crippen LogP contribution is 2.27. The highest BCUT2D eigenvalue weighted by atomic mass is 31.0. The second kappa shape index (κ2) is 12.3. The molecule has 1 atom stereocenters. The average molecular weight is 476 g/mol. The smallest absolute Gasteiger partial charge is 0.273 e. The van der Waals surface area contributed by atoms with E-state index in [4.69, 9.17) is 0 Å². The summed E-state index contributed by atoms with van der Waals surface area (Å²) in [5.74, 6) is 0.395. The van der Waals surface area contributed by atoms with Gasteiger partial charge < -0.3 is 16.1 Å². The Hall–Kier alpha value is -2.99. The van der Waals surface area contributed by atoms with Gasteiger partial charge in [-0.1, -0.05) is 59.5 Å². The van der Waals surface area contributed by atoms with Crippen LogP contribution in [0.3, 0.4) is 0 Å². The summed E-state index contributed by atoms with van der Waals surface area (Å²) in [7, 11) is 3.20. The first kappa shape index (κ1) is 26.3. The number of nitrogens with one attached hydrogen (secondary N) is 3. The average Bonchev–Trinajstić information content (AvgIpc) is 2.77. The second-order valence-corrected chi connectivity index (χ2v) is 8.08. The molecule has 0 fully saturated rings. The van der Waals surface area contributed by atoms with Gasteiger partial charge in [0.2, 0.25) is 5.95 Å². The van der Waals surface area contributed by atoms with Gasteiger partial charge in [0.25, 0.3) is 11.2 Å². The fraction of sp³-hybridized carbons (Fsp3) is 0.333. The predicted molar refractivity (Wildman–Crippen MR) is 136 cm³/mol. The summed E-state index contributed by atoms with van der Waals surface area (Å²) in [5, 5.41) is 6.36. The van der Waals surface area contributed by atoms with Crippen molar-refractivity contribution in [2.45, 2.75) is 45.9 Å². The molecular formula is C24H32F2N5OP. The summed E-state index contributed by atoms with van der Waals surface area (Å²) in [4.78, 5) is 17.0. The van der Waals surface area contributed by atoms with Crippen LogP contribution in [0, 0.1) is 6.92 Å². The van der Waals surface area contributed by atoms with Gasteiger partial charge in [0.1, 0.15) is 0 Å². The Kier molecular flexibility index (Phi) is 9.79. The molecule has 0 amide bonds. The lowest BCUT2D eigenvalue weighted by atomic mass is 10.1. The van der Waals surface area contributed by atoms with Gasteiger partial charge >= 0.3 is 0 Å². The summed E-state index contributed by atoms with van der Waals surface area (Å²) in [6, 6.07) is 16.2. The highest BCUT2D eigenvalue weighted by molar-refractivity contribution is 7.18. The lowest BCUT2D eigenvalue weighted by Gasteiger charge is -2.16. The topological polar surface area (TPSA) is 71.0 Å². The minimum atomic E-state index is -2.85. The summed E-state index contributed by atoms with van der Waals surface area (Å²) < 4.78 is 27.8. The molecule has 178 valence electrons. The number of halogens is 2. The number of rotatable bonds is 9. The van der Waals surface area contributed by atoms with E-state index in [1.807, 2.05) is 45.0 Å². The van der Waals surface area contributed by atoms with E-state index in [1.54, 1.807) is 40.6 Å². The first-order chi connectivity index (χ1) is 15.7. The summed E-state index contributed by atoms with van der Waals surface area (Å²) in [6.45, 7) is 6.82. The van der Waals surface area contributed by atoms with Gasteiger partial charge in [0.05, 0.1) is 12.2 Å². The fourth-order valence-corrected chi connectivity index (χ4v) is 3.43. The zero-order valence-electron chi connectivity index (χ0n) is 19.5. The van der Waals surface area contributed by atoms with Crippen LogP contribution in [0.1, 0.15) is 36.2 Å². The van der Waals surface area contributed by atoms with Crippen molar-refractivity contribution in [3.63, 3.8) is 0 Å². The number of hydrogen-bond acceptors (Lipinski definition) is 5. The van der Waals surface area contributed by atoms with Gasteiger partial charge in [-0.3, -0.25) is 4.79 Å². The van der Waals surface area contributed by atoms with Crippen LogP contribution in [0.15, 0.2) is 59.4 Å². The number of alkyl halides is 2. The zero-order chi connectivity index (χ0) is 24.4. The van der Waals surface area contributed by atoms with Crippen LogP contribution in [0.5, 0.6) is 0 Å². The summed E-state index contributed by atoms with van der Waals surface area (Å²) >= 11 is 0. The normalized spacial score (nSPS) is 10.8. The fourth-order valence-electron chi connectivity index (χ4n) is 3.19. The first-order valence-corrected chi connectivity index (χ1v) is 11.4. The molecule has 3 rings (SSSR count). The van der Waals surface area contributed by atoms with Gasteiger partial charge in [0.15, 0.2) is 0 Å². The van der Waals surface area contributed by atoms with Gasteiger partial charge in [0, 0.05) is 31.8 Å². The number of anilines is 2. The number of benzene rings is 2. The van der Waals surface area contributed by atoms with E-state index in [0.717, 1.165) is 11.1 Å². The Morgan fingerprint density at radius 2 is 1.76 bits per heavy atom. The molecule has 0 aliphatic heterocycles. The molecule has 1 heterocycles. The maximum Gasteiger partial charge on any atom is 0.273 e. The van der Waals surface area contributed by atoms with E-state index in [1.165, 1.54) is 10.7 Å². The number of aromatic nitrogens is 2. The molecule has 1 unspecified atom stereocenters. The predicted octanol–water partition coefficient (Wildman–Crippen LogP) is 4.99. The van der Waals surface area contributed by atoms with Crippen LogP contribution < -0.4 is 21.6 Å². The minimum Gasteiger partial charge on any atom is -0.379 e. The Morgan fingerprint density at radius 3 is 2.42 bits per heavy atom. The van der Waals surface area contributed by atoms with Crippen molar-refractivity contribution in [2.75, 3.05) is 23.1 Å². The highest BCUT2D eigenvalue weighted by Gasteiger charge is 2.21. The van der Waals surface area contributed by atoms with Crippen molar-refractivity contribution >= 4 is 20.9 Å². The number of hydrogen-bond donors (Lipinski definition) is 3. The minimum absolute atomic E-state index is 0.252. The van der Waals surface area contributed by atoms with E-state index >= 15 is 0 Å². The monoisotopic (exact) mass is 475 g/mol. The molecule has 33 heavy (non-hydrogen) atoms. The van der Waals surface area contributed by atoms with Crippen LogP contribution in [-0.4, -0.2) is 22.4 Å². The number of aryl methyl sites for hydroxylation is 1. The van der Waals surface area contributed by atoms with Crippen LogP contribution in [-0.2, 0) is 19.5 Å².